The molecule has 0 aromatic carbocycles. The van der Waals surface area contributed by atoms with E-state index in [2.05, 4.69) is 10.3 Å². The topological polar surface area (TPSA) is 88.5 Å². The van der Waals surface area contributed by atoms with Gasteiger partial charge in [-0.25, -0.2) is 9.78 Å². The van der Waals surface area contributed by atoms with E-state index in [1.807, 2.05) is 6.92 Å². The summed E-state index contributed by atoms with van der Waals surface area (Å²) in [4.78, 5) is 26.8. The third-order valence-electron chi connectivity index (χ3n) is 4.99. The van der Waals surface area contributed by atoms with E-state index in [1.54, 1.807) is 0 Å². The van der Waals surface area contributed by atoms with Crippen LogP contribution in [0.25, 0.3) is 0 Å². The quantitative estimate of drug-likeness (QED) is 0.866. The highest BCUT2D eigenvalue weighted by Crippen LogP contribution is 2.57. The Morgan fingerprint density at radius 3 is 2.73 bits per heavy atom. The first-order valence-corrected chi connectivity index (χ1v) is 7.68. The van der Waals surface area contributed by atoms with Gasteiger partial charge < -0.3 is 15.2 Å². The molecule has 2 atom stereocenters. The van der Waals surface area contributed by atoms with Crippen LogP contribution in [0.4, 0.5) is 0 Å². The normalized spacial score (nSPS) is 25.1. The Bertz CT molecular complexity index is 580. The third-order valence-corrected chi connectivity index (χ3v) is 4.99. The zero-order chi connectivity index (χ0) is 15.7. The summed E-state index contributed by atoms with van der Waals surface area (Å²) >= 11 is 0. The van der Waals surface area contributed by atoms with E-state index in [0.717, 1.165) is 19.3 Å². The molecule has 2 saturated carbocycles. The van der Waals surface area contributed by atoms with Crippen molar-refractivity contribution >= 4 is 11.9 Å². The van der Waals surface area contributed by atoms with E-state index in [0.29, 0.717) is 12.2 Å². The Labute approximate surface area is 128 Å². The van der Waals surface area contributed by atoms with Gasteiger partial charge in [0.05, 0.1) is 11.7 Å². The third kappa shape index (κ3) is 2.37. The van der Waals surface area contributed by atoms with Crippen molar-refractivity contribution in [2.75, 3.05) is 6.61 Å². The smallest absolute Gasteiger partial charge is 0.354 e. The Balaban J connectivity index is 1.64. The number of hydrogen-bond donors (Lipinski definition) is 2. The van der Waals surface area contributed by atoms with Gasteiger partial charge in [0.2, 0.25) is 0 Å². The highest BCUT2D eigenvalue weighted by atomic mass is 16.5. The van der Waals surface area contributed by atoms with E-state index in [4.69, 9.17) is 9.84 Å². The molecule has 0 bridgehead atoms. The van der Waals surface area contributed by atoms with Crippen molar-refractivity contribution in [3.63, 3.8) is 0 Å². The average Bonchev–Trinajstić information content (AvgIpc) is 2.44. The molecule has 0 unspecified atom stereocenters. The molecule has 0 saturated heterocycles. The number of rotatable bonds is 5. The molecule has 1 aromatic rings. The minimum Gasteiger partial charge on any atom is -0.477 e. The molecular formula is C16H20N2O4. The van der Waals surface area contributed by atoms with Crippen LogP contribution in [0.2, 0.25) is 0 Å². The van der Waals surface area contributed by atoms with Gasteiger partial charge in [0.25, 0.3) is 5.91 Å². The molecule has 3 rings (SSSR count). The van der Waals surface area contributed by atoms with Crippen LogP contribution in [0.15, 0.2) is 18.3 Å². The second-order valence-corrected chi connectivity index (χ2v) is 6.03. The molecule has 1 heterocycles. The Morgan fingerprint density at radius 2 is 2.23 bits per heavy atom. The largest absolute Gasteiger partial charge is 0.477 e. The maximum absolute atomic E-state index is 12.3. The second kappa shape index (κ2) is 5.68. The van der Waals surface area contributed by atoms with E-state index in [1.165, 1.54) is 24.8 Å². The Hall–Kier alpha value is -1.95. The van der Waals surface area contributed by atoms with E-state index >= 15 is 0 Å². The van der Waals surface area contributed by atoms with Crippen molar-refractivity contribution in [1.82, 2.24) is 10.3 Å². The van der Waals surface area contributed by atoms with Gasteiger partial charge in [0.1, 0.15) is 5.69 Å². The first kappa shape index (κ1) is 15.0. The molecule has 1 spiro atoms. The highest BCUT2D eigenvalue weighted by molar-refractivity contribution is 5.95. The fraction of sp³-hybridized carbons (Fsp3) is 0.562. The average molecular weight is 304 g/mol. The molecule has 0 aliphatic heterocycles. The minimum atomic E-state index is -1.10. The summed E-state index contributed by atoms with van der Waals surface area (Å²) in [6.07, 6.45) is 5.79. The van der Waals surface area contributed by atoms with Crippen LogP contribution in [-0.2, 0) is 4.74 Å². The van der Waals surface area contributed by atoms with Crippen LogP contribution in [0.5, 0.6) is 0 Å². The standard InChI is InChI=1S/C16H20N2O4/c1-2-22-13-8-12(16(13)6-3-7-16)18-14(19)10-4-5-11(15(20)21)17-9-10/h4-5,9,12-13H,2-3,6-8H2,1H3,(H,18,19)(H,20,21)/t12-,13+/m1/s1. The molecule has 118 valence electrons. The number of carbonyl (C=O) groups excluding carboxylic acids is 1. The lowest BCUT2D eigenvalue weighted by atomic mass is 9.51. The van der Waals surface area contributed by atoms with Crippen LogP contribution >= 0.6 is 0 Å². The van der Waals surface area contributed by atoms with Crippen molar-refractivity contribution in [2.45, 2.75) is 44.8 Å². The van der Waals surface area contributed by atoms with E-state index < -0.39 is 5.97 Å². The molecule has 6 heteroatoms. The molecular weight excluding hydrogens is 284 g/mol. The van der Waals surface area contributed by atoms with Crippen molar-refractivity contribution in [1.29, 1.82) is 0 Å². The molecule has 0 radical (unpaired) electrons. The van der Waals surface area contributed by atoms with Gasteiger partial charge in [0, 0.05) is 24.3 Å². The Kier molecular flexibility index (Phi) is 3.87. The van der Waals surface area contributed by atoms with Gasteiger partial charge in [-0.3, -0.25) is 4.79 Å². The number of nitrogens with zero attached hydrogens (tertiary/aromatic N) is 1. The Morgan fingerprint density at radius 1 is 1.45 bits per heavy atom. The van der Waals surface area contributed by atoms with Crippen molar-refractivity contribution < 1.29 is 19.4 Å². The summed E-state index contributed by atoms with van der Waals surface area (Å²) in [5.41, 5.74) is 0.437. The van der Waals surface area contributed by atoms with Gasteiger partial charge in [0.15, 0.2) is 0 Å². The number of ether oxygens (including phenoxy) is 1. The molecule has 6 nitrogen and oxygen atoms in total. The van der Waals surface area contributed by atoms with Crippen molar-refractivity contribution in [2.24, 2.45) is 5.41 Å². The van der Waals surface area contributed by atoms with E-state index in [-0.39, 0.29) is 29.2 Å². The number of aromatic nitrogens is 1. The first-order chi connectivity index (χ1) is 10.6. The van der Waals surface area contributed by atoms with Crippen LogP contribution in [0.1, 0.15) is 53.5 Å². The molecule has 2 fully saturated rings. The summed E-state index contributed by atoms with van der Waals surface area (Å²) in [5, 5.41) is 11.9. The monoisotopic (exact) mass is 304 g/mol. The van der Waals surface area contributed by atoms with Crippen LogP contribution < -0.4 is 5.32 Å². The first-order valence-electron chi connectivity index (χ1n) is 7.68. The summed E-state index contributed by atoms with van der Waals surface area (Å²) in [5.74, 6) is -1.30. The number of carboxylic acids is 1. The highest BCUT2D eigenvalue weighted by Gasteiger charge is 2.59. The van der Waals surface area contributed by atoms with Crippen LogP contribution in [0, 0.1) is 5.41 Å². The molecule has 1 amide bonds. The van der Waals surface area contributed by atoms with Gasteiger partial charge in [-0.15, -0.1) is 0 Å². The SMILES string of the molecule is CCO[C@H]1C[C@@H](NC(=O)c2ccc(C(=O)O)nc2)C12CCC2. The number of pyridine rings is 1. The zero-order valence-corrected chi connectivity index (χ0v) is 12.5. The van der Waals surface area contributed by atoms with E-state index in [9.17, 15) is 9.59 Å². The molecule has 1 aromatic heterocycles. The number of aromatic carboxylic acids is 1. The summed E-state index contributed by atoms with van der Waals surface area (Å²) in [6.45, 7) is 2.70. The van der Waals surface area contributed by atoms with Gasteiger partial charge in [-0.2, -0.15) is 0 Å². The van der Waals surface area contributed by atoms with Crippen LogP contribution in [-0.4, -0.2) is 40.7 Å². The van der Waals surface area contributed by atoms with Gasteiger partial charge >= 0.3 is 5.97 Å². The zero-order valence-electron chi connectivity index (χ0n) is 12.5. The lowest BCUT2D eigenvalue weighted by Crippen LogP contribution is -2.67. The summed E-state index contributed by atoms with van der Waals surface area (Å²) in [6, 6.07) is 2.99. The molecule has 2 aliphatic rings. The fourth-order valence-corrected chi connectivity index (χ4v) is 3.54. The molecule has 2 aliphatic carbocycles. The number of carboxylic acid groups (broad SMARTS) is 1. The number of carbonyl (C=O) groups is 2. The van der Waals surface area contributed by atoms with Gasteiger partial charge in [-0.1, -0.05) is 6.42 Å². The number of amides is 1. The number of hydrogen-bond acceptors (Lipinski definition) is 4. The lowest BCUT2D eigenvalue weighted by molar-refractivity contribution is -0.169. The molecule has 2 N–H and O–H groups in total. The maximum atomic E-state index is 12.3. The van der Waals surface area contributed by atoms with Gasteiger partial charge in [-0.05, 0) is 38.3 Å². The van der Waals surface area contributed by atoms with Crippen molar-refractivity contribution in [3.8, 4) is 0 Å². The summed E-state index contributed by atoms with van der Waals surface area (Å²) in [7, 11) is 0. The second-order valence-electron chi connectivity index (χ2n) is 6.03. The fourth-order valence-electron chi connectivity index (χ4n) is 3.54. The lowest BCUT2D eigenvalue weighted by Gasteiger charge is -2.61. The van der Waals surface area contributed by atoms with Crippen LogP contribution in [0.3, 0.4) is 0 Å². The summed E-state index contributed by atoms with van der Waals surface area (Å²) < 4.78 is 5.77. The predicted octanol–water partition coefficient (Wildman–Crippen LogP) is 1.86. The predicted molar refractivity (Wildman–Crippen MR) is 78.8 cm³/mol. The number of nitrogens with one attached hydrogen (secondary N) is 1. The maximum Gasteiger partial charge on any atom is 0.354 e. The molecule has 22 heavy (non-hydrogen) atoms. The van der Waals surface area contributed by atoms with Crippen molar-refractivity contribution in [3.05, 3.63) is 29.6 Å². The minimum absolute atomic E-state index is 0.0629.